The van der Waals surface area contributed by atoms with E-state index in [2.05, 4.69) is 26.1 Å². The van der Waals surface area contributed by atoms with E-state index in [0.717, 1.165) is 12.8 Å². The minimum Gasteiger partial charge on any atom is -0.486 e. The zero-order chi connectivity index (χ0) is 41.8. The number of rotatable bonds is 11. The van der Waals surface area contributed by atoms with E-state index in [4.69, 9.17) is 33.0 Å². The van der Waals surface area contributed by atoms with Gasteiger partial charge in [0, 0.05) is 0 Å². The number of carboxylic acid groups (broad SMARTS) is 1. The second kappa shape index (κ2) is 15.4. The van der Waals surface area contributed by atoms with Gasteiger partial charge in [0.05, 0.1) is 31.2 Å². The van der Waals surface area contributed by atoms with Gasteiger partial charge in [0.15, 0.2) is 5.75 Å². The lowest BCUT2D eigenvalue weighted by Crippen LogP contribution is -2.65. The lowest BCUT2D eigenvalue weighted by Gasteiger charge is -2.64. The van der Waals surface area contributed by atoms with Gasteiger partial charge in [-0.2, -0.15) is 0 Å². The van der Waals surface area contributed by atoms with E-state index in [9.17, 15) is 29.1 Å². The predicted molar refractivity (Wildman–Crippen MR) is 204 cm³/mol. The monoisotopic (exact) mass is 786 g/mol. The number of nitrogens with zero attached hydrogens (tertiary/aromatic N) is 1. The molecule has 310 valence electrons. The van der Waals surface area contributed by atoms with Crippen LogP contribution >= 0.6 is 0 Å². The second-order valence-corrected chi connectivity index (χ2v) is 19.2. The lowest BCUT2D eigenvalue weighted by atomic mass is 9.43. The van der Waals surface area contributed by atoms with E-state index < -0.39 is 78.2 Å². The van der Waals surface area contributed by atoms with E-state index in [1.54, 1.807) is 74.4 Å². The molecule has 15 nitrogen and oxygen atoms in total. The largest absolute Gasteiger partial charge is 0.514 e. The molecule has 2 saturated heterocycles. The summed E-state index contributed by atoms with van der Waals surface area (Å²) in [6, 6.07) is 1.90. The molecule has 2 bridgehead atoms. The highest BCUT2D eigenvalue weighted by atomic mass is 16.7. The number of alkyl carbamates (subject to hydrolysis) is 1. The number of hydrogen-bond acceptors (Lipinski definition) is 12. The number of hydrogen-bond donors (Lipinski definition) is 2. The first-order valence-electron chi connectivity index (χ1n) is 19.5. The molecule has 0 unspecified atom stereocenters. The summed E-state index contributed by atoms with van der Waals surface area (Å²) in [5.41, 5.74) is -2.57. The van der Waals surface area contributed by atoms with Crippen LogP contribution in [0, 0.1) is 17.3 Å². The van der Waals surface area contributed by atoms with Crippen LogP contribution in [0.2, 0.25) is 6.32 Å². The van der Waals surface area contributed by atoms with Gasteiger partial charge in [-0.3, -0.25) is 9.59 Å². The summed E-state index contributed by atoms with van der Waals surface area (Å²) in [4.78, 5) is 65.9. The smallest absolute Gasteiger partial charge is 0.486 e. The number of carboxylic acids is 1. The van der Waals surface area contributed by atoms with Crippen molar-refractivity contribution in [1.82, 2.24) is 10.2 Å². The van der Waals surface area contributed by atoms with Crippen molar-refractivity contribution in [2.75, 3.05) is 13.1 Å². The van der Waals surface area contributed by atoms with Crippen LogP contribution in [0.3, 0.4) is 0 Å². The average molecular weight is 787 g/mol. The van der Waals surface area contributed by atoms with Crippen LogP contribution in [-0.2, 0) is 39.5 Å². The van der Waals surface area contributed by atoms with Crippen LogP contribution in [0.25, 0.3) is 0 Å². The fourth-order valence-corrected chi connectivity index (χ4v) is 8.16. The van der Waals surface area contributed by atoms with Crippen LogP contribution in [0.5, 0.6) is 11.5 Å². The SMILES string of the molecule is CC(C)(C)OC(=O)N[C@H](CC(=O)O)C(=O)N1CC(Oc2ccc(CCB3O[C@@H]4C[C@@H]5C[C@@H](C5(C)C)[C@]4(C)O3)c(OC(=O)OC(C)(C)C)c2C(=O)OC(C)(C)C)C1. The molecular formula is C40H59BN2O13. The number of carbonyl (C=O) groups is 5. The predicted octanol–water partition coefficient (Wildman–Crippen LogP) is 6.18. The maximum Gasteiger partial charge on any atom is 0.514 e. The normalized spacial score (nSPS) is 24.8. The number of carbonyl (C=O) groups excluding carboxylic acids is 4. The van der Waals surface area contributed by atoms with Crippen LogP contribution in [-0.4, -0.2) is 101 Å². The van der Waals surface area contributed by atoms with E-state index in [0.29, 0.717) is 30.1 Å². The van der Waals surface area contributed by atoms with E-state index >= 15 is 0 Å². The summed E-state index contributed by atoms with van der Waals surface area (Å²) >= 11 is 0. The van der Waals surface area contributed by atoms with Crippen LogP contribution in [0.1, 0.15) is 118 Å². The molecule has 2 heterocycles. The third-order valence-corrected chi connectivity index (χ3v) is 10.9. The molecule has 0 radical (unpaired) electrons. The molecule has 0 aromatic heterocycles. The van der Waals surface area contributed by atoms with Gasteiger partial charge in [-0.05, 0) is 124 Å². The highest BCUT2D eigenvalue weighted by Crippen LogP contribution is 2.65. The fourth-order valence-electron chi connectivity index (χ4n) is 8.16. The summed E-state index contributed by atoms with van der Waals surface area (Å²) in [5.74, 6) is -1.81. The summed E-state index contributed by atoms with van der Waals surface area (Å²) in [5, 5.41) is 11.8. The molecular weight excluding hydrogens is 727 g/mol. The number of likely N-dealkylation sites (tertiary alicyclic amines) is 1. The fraction of sp³-hybridized carbons (Fsp3) is 0.725. The van der Waals surface area contributed by atoms with Gasteiger partial charge in [0.1, 0.15) is 40.3 Å². The molecule has 0 spiro atoms. The highest BCUT2D eigenvalue weighted by Gasteiger charge is 2.67. The van der Waals surface area contributed by atoms with Crippen molar-refractivity contribution in [2.24, 2.45) is 17.3 Å². The number of nitrogens with one attached hydrogen (secondary N) is 1. The number of ether oxygens (including phenoxy) is 5. The Morgan fingerprint density at radius 1 is 0.929 bits per heavy atom. The van der Waals surface area contributed by atoms with Gasteiger partial charge in [-0.15, -0.1) is 0 Å². The molecule has 2 amide bonds. The molecule has 5 fully saturated rings. The molecule has 3 saturated carbocycles. The number of esters is 1. The van der Waals surface area contributed by atoms with Crippen molar-refractivity contribution in [3.63, 3.8) is 0 Å². The second-order valence-electron chi connectivity index (χ2n) is 19.2. The summed E-state index contributed by atoms with van der Waals surface area (Å²) < 4.78 is 41.7. The number of aryl methyl sites for hydroxylation is 1. The maximum atomic E-state index is 14.0. The quantitative estimate of drug-likeness (QED) is 0.112. The standard InChI is InChI=1S/C40H59BN2O13/c1-36(2,3)52-33(47)30-26(50-24-20-43(21-24)32(46)25(19-29(44)45)42-34(48)53-37(4,5)6)14-13-22(31(30)51-35(49)54-38(7,8)9)15-16-41-55-28-18-23-17-27(39(23,10)11)40(28,12)56-41/h13-14,23-25,27-28H,15-21H2,1-12H3,(H,42,48)(H,44,45)/t23-,25+,27-,28+,40-/m0/s1. The van der Waals surface area contributed by atoms with E-state index in [1.807, 2.05) is 0 Å². The minimum atomic E-state index is -1.38. The third-order valence-electron chi connectivity index (χ3n) is 10.9. The van der Waals surface area contributed by atoms with Gasteiger partial charge < -0.3 is 48.3 Å². The summed E-state index contributed by atoms with van der Waals surface area (Å²) in [7, 11) is -0.510. The number of benzene rings is 1. The highest BCUT2D eigenvalue weighted by molar-refractivity contribution is 6.45. The Hall–Kier alpha value is -4.05. The molecule has 2 N–H and O–H groups in total. The summed E-state index contributed by atoms with van der Waals surface area (Å²) in [6.45, 7) is 21.9. The van der Waals surface area contributed by atoms with Crippen molar-refractivity contribution < 1.29 is 62.1 Å². The first-order chi connectivity index (χ1) is 25.6. The topological polar surface area (TPSA) is 185 Å². The van der Waals surface area contributed by atoms with Gasteiger partial charge in [-0.25, -0.2) is 14.4 Å². The lowest BCUT2D eigenvalue weighted by molar-refractivity contribution is -0.199. The van der Waals surface area contributed by atoms with Crippen LogP contribution in [0.4, 0.5) is 9.59 Å². The molecule has 3 aliphatic carbocycles. The Bertz CT molecular complexity index is 1700. The molecule has 1 aromatic carbocycles. The van der Waals surface area contributed by atoms with E-state index in [1.165, 1.54) is 4.90 Å². The number of amides is 2. The Kier molecular flexibility index (Phi) is 11.8. The van der Waals surface area contributed by atoms with Gasteiger partial charge in [0.25, 0.3) is 0 Å². The Balaban J connectivity index is 1.38. The van der Waals surface area contributed by atoms with Crippen molar-refractivity contribution in [3.8, 4) is 11.5 Å². The van der Waals surface area contributed by atoms with Crippen molar-refractivity contribution >= 4 is 37.2 Å². The maximum absolute atomic E-state index is 14.0. The first kappa shape index (κ1) is 43.1. The first-order valence-corrected chi connectivity index (χ1v) is 19.5. The third kappa shape index (κ3) is 9.90. The molecule has 5 atom stereocenters. The molecule has 1 aromatic rings. The van der Waals surface area contributed by atoms with E-state index in [-0.39, 0.29) is 41.7 Å². The zero-order valence-corrected chi connectivity index (χ0v) is 34.9. The van der Waals surface area contributed by atoms with Gasteiger partial charge in [0.2, 0.25) is 5.91 Å². The van der Waals surface area contributed by atoms with Crippen molar-refractivity contribution in [3.05, 3.63) is 23.3 Å². The van der Waals surface area contributed by atoms with Crippen LogP contribution < -0.4 is 14.8 Å². The summed E-state index contributed by atoms with van der Waals surface area (Å²) in [6.07, 6.45) is -0.514. The molecule has 56 heavy (non-hydrogen) atoms. The molecule has 6 rings (SSSR count). The van der Waals surface area contributed by atoms with Crippen LogP contribution in [0.15, 0.2) is 12.1 Å². The Labute approximate surface area is 329 Å². The zero-order valence-electron chi connectivity index (χ0n) is 34.9. The molecule has 5 aliphatic rings. The number of aliphatic carboxylic acids is 1. The minimum absolute atomic E-state index is 0.0116. The van der Waals surface area contributed by atoms with Crippen molar-refractivity contribution in [1.29, 1.82) is 0 Å². The Morgan fingerprint density at radius 2 is 1.55 bits per heavy atom. The molecule has 16 heteroatoms. The molecule has 2 aliphatic heterocycles. The van der Waals surface area contributed by atoms with Gasteiger partial charge in [-0.1, -0.05) is 19.9 Å². The Morgan fingerprint density at radius 3 is 2.12 bits per heavy atom. The average Bonchev–Trinajstić information content (AvgIpc) is 3.34. The van der Waals surface area contributed by atoms with Gasteiger partial charge >= 0.3 is 31.3 Å². The van der Waals surface area contributed by atoms with Crippen molar-refractivity contribution in [2.45, 2.75) is 156 Å².